The van der Waals surface area contributed by atoms with Gasteiger partial charge in [0.05, 0.1) is 0 Å². The lowest BCUT2D eigenvalue weighted by molar-refractivity contribution is -0.142. The van der Waals surface area contributed by atoms with Crippen LogP contribution in [-0.2, 0) is 17.2 Å². The van der Waals surface area contributed by atoms with Crippen LogP contribution in [0.1, 0.15) is 33.1 Å². The lowest BCUT2D eigenvalue weighted by Crippen LogP contribution is -2.32. The van der Waals surface area contributed by atoms with Crippen molar-refractivity contribution in [3.05, 3.63) is 0 Å². The quantitative estimate of drug-likeness (QED) is 0.692. The molecule has 0 aliphatic heterocycles. The fourth-order valence-corrected chi connectivity index (χ4v) is 0.882. The van der Waals surface area contributed by atoms with Crippen LogP contribution >= 0.6 is 0 Å². The second-order valence-electron chi connectivity index (χ2n) is 2.77. The Morgan fingerprint density at radius 1 is 1.73 bits per heavy atom. The third-order valence-corrected chi connectivity index (χ3v) is 2.08. The summed E-state index contributed by atoms with van der Waals surface area (Å²) in [5, 5.41) is 8.70. The number of carboxylic acids is 1. The third-order valence-electron chi connectivity index (χ3n) is 1.68. The standard InChI is InChI=1S/C7H13NO2S/c1-3-4-5-7(2,8-11)6(9)10/h3-5H2,1-2H3,(H,9,10). The zero-order valence-corrected chi connectivity index (χ0v) is 7.65. The summed E-state index contributed by atoms with van der Waals surface area (Å²) >= 11 is 4.42. The molecule has 0 saturated carbocycles. The molecule has 0 amide bonds. The lowest BCUT2D eigenvalue weighted by atomic mass is 9.97. The molecule has 1 N–H and O–H groups in total. The summed E-state index contributed by atoms with van der Waals surface area (Å²) in [7, 11) is 0. The highest BCUT2D eigenvalue weighted by atomic mass is 32.1. The molecule has 11 heavy (non-hydrogen) atoms. The summed E-state index contributed by atoms with van der Waals surface area (Å²) in [6.45, 7) is 3.56. The molecule has 4 heteroatoms. The Labute approximate surface area is 72.0 Å². The molecule has 0 aromatic rings. The first-order valence-corrected chi connectivity index (χ1v) is 4.01. The Morgan fingerprint density at radius 3 is 2.55 bits per heavy atom. The first kappa shape index (κ1) is 10.5. The van der Waals surface area contributed by atoms with Crippen LogP contribution < -0.4 is 0 Å². The van der Waals surface area contributed by atoms with Gasteiger partial charge in [-0.15, -0.1) is 0 Å². The maximum Gasteiger partial charge on any atom is 0.332 e. The number of carbonyl (C=O) groups is 1. The van der Waals surface area contributed by atoms with Crippen molar-refractivity contribution in [2.75, 3.05) is 0 Å². The molecule has 0 spiro atoms. The van der Waals surface area contributed by atoms with Crippen molar-refractivity contribution in [3.8, 4) is 0 Å². The minimum absolute atomic E-state index is 0.530. The van der Waals surface area contributed by atoms with Gasteiger partial charge in [0.15, 0.2) is 5.54 Å². The molecule has 0 rings (SSSR count). The van der Waals surface area contributed by atoms with Crippen LogP contribution in [0, 0.1) is 0 Å². The smallest absolute Gasteiger partial charge is 0.332 e. The minimum atomic E-state index is -1.05. The molecular formula is C7H13NO2S. The van der Waals surface area contributed by atoms with E-state index in [4.69, 9.17) is 5.11 Å². The van der Waals surface area contributed by atoms with Gasteiger partial charge in [-0.1, -0.05) is 19.8 Å². The number of unbranched alkanes of at least 4 members (excludes halogenated alkanes) is 1. The molecule has 0 aliphatic carbocycles. The summed E-state index contributed by atoms with van der Waals surface area (Å²) in [6.07, 6.45) is 2.35. The van der Waals surface area contributed by atoms with E-state index in [2.05, 4.69) is 16.8 Å². The average Bonchev–Trinajstić information content (AvgIpc) is 2.00. The Morgan fingerprint density at radius 2 is 2.27 bits per heavy atom. The molecule has 0 aliphatic rings. The maximum absolute atomic E-state index is 10.6. The van der Waals surface area contributed by atoms with Gasteiger partial charge >= 0.3 is 5.97 Å². The van der Waals surface area contributed by atoms with Crippen molar-refractivity contribution in [1.82, 2.24) is 0 Å². The van der Waals surface area contributed by atoms with Gasteiger partial charge in [0.2, 0.25) is 0 Å². The molecule has 1 atom stereocenters. The Bertz CT molecular complexity index is 161. The Kier molecular flexibility index (Phi) is 4.18. The summed E-state index contributed by atoms with van der Waals surface area (Å²) in [5.41, 5.74) is -1.05. The molecule has 0 radical (unpaired) electrons. The SMILES string of the molecule is CCCCC(C)(N=S)C(=O)O. The van der Waals surface area contributed by atoms with Gasteiger partial charge in [-0.3, -0.25) is 0 Å². The third kappa shape index (κ3) is 2.93. The van der Waals surface area contributed by atoms with E-state index in [-0.39, 0.29) is 0 Å². The molecule has 0 fully saturated rings. The predicted octanol–water partition coefficient (Wildman–Crippen LogP) is 1.75. The van der Waals surface area contributed by atoms with E-state index < -0.39 is 11.5 Å². The normalized spacial score (nSPS) is 15.5. The van der Waals surface area contributed by atoms with E-state index >= 15 is 0 Å². The number of hydrogen-bond donors (Lipinski definition) is 1. The zero-order chi connectivity index (χ0) is 8.91. The molecule has 3 nitrogen and oxygen atoms in total. The van der Waals surface area contributed by atoms with Gasteiger partial charge in [0.1, 0.15) is 0 Å². The monoisotopic (exact) mass is 175 g/mol. The second kappa shape index (κ2) is 4.38. The van der Waals surface area contributed by atoms with Gasteiger partial charge in [-0.25, -0.2) is 9.16 Å². The average molecular weight is 175 g/mol. The molecular weight excluding hydrogens is 162 g/mol. The number of carboxylic acid groups (broad SMARTS) is 1. The van der Waals surface area contributed by atoms with Gasteiger partial charge in [0.25, 0.3) is 0 Å². The first-order valence-electron chi connectivity index (χ1n) is 3.64. The zero-order valence-electron chi connectivity index (χ0n) is 6.83. The topological polar surface area (TPSA) is 49.7 Å². The van der Waals surface area contributed by atoms with Crippen molar-refractivity contribution in [2.24, 2.45) is 4.36 Å². The molecule has 0 bridgehead atoms. The number of hydrogen-bond acceptors (Lipinski definition) is 3. The van der Waals surface area contributed by atoms with Crippen LogP contribution in [0.25, 0.3) is 0 Å². The van der Waals surface area contributed by atoms with Gasteiger partial charge in [0, 0.05) is 12.4 Å². The summed E-state index contributed by atoms with van der Waals surface area (Å²) < 4.78 is 3.44. The van der Waals surface area contributed by atoms with Crippen LogP contribution in [0.3, 0.4) is 0 Å². The van der Waals surface area contributed by atoms with Gasteiger partial charge < -0.3 is 5.11 Å². The summed E-state index contributed by atoms with van der Waals surface area (Å²) in [4.78, 5) is 10.6. The van der Waals surface area contributed by atoms with E-state index in [1.165, 1.54) is 0 Å². The van der Waals surface area contributed by atoms with E-state index in [1.54, 1.807) is 6.92 Å². The van der Waals surface area contributed by atoms with Crippen LogP contribution in [0.2, 0.25) is 0 Å². The Hall–Kier alpha value is -0.510. The van der Waals surface area contributed by atoms with E-state index in [1.807, 2.05) is 6.92 Å². The van der Waals surface area contributed by atoms with Gasteiger partial charge in [-0.05, 0) is 13.3 Å². The van der Waals surface area contributed by atoms with Crippen LogP contribution in [0.15, 0.2) is 4.36 Å². The minimum Gasteiger partial charge on any atom is -0.479 e. The number of rotatable bonds is 5. The van der Waals surface area contributed by atoms with E-state index in [9.17, 15) is 4.79 Å². The highest BCUT2D eigenvalue weighted by molar-refractivity contribution is 7.47. The van der Waals surface area contributed by atoms with Crippen LogP contribution in [0.4, 0.5) is 0 Å². The molecule has 1 unspecified atom stereocenters. The lowest BCUT2D eigenvalue weighted by Gasteiger charge is -2.16. The van der Waals surface area contributed by atoms with E-state index in [0.717, 1.165) is 12.8 Å². The maximum atomic E-state index is 10.6. The fraction of sp³-hybridized carbons (Fsp3) is 0.857. The predicted molar refractivity (Wildman–Crippen MR) is 45.4 cm³/mol. The van der Waals surface area contributed by atoms with Crippen molar-refractivity contribution in [3.63, 3.8) is 0 Å². The largest absolute Gasteiger partial charge is 0.479 e. The van der Waals surface area contributed by atoms with Crippen molar-refractivity contribution in [2.45, 2.75) is 38.6 Å². The molecule has 0 heterocycles. The molecule has 0 aromatic heterocycles. The van der Waals surface area contributed by atoms with Crippen molar-refractivity contribution >= 4 is 18.4 Å². The highest BCUT2D eigenvalue weighted by Gasteiger charge is 2.31. The van der Waals surface area contributed by atoms with Crippen LogP contribution in [0.5, 0.6) is 0 Å². The van der Waals surface area contributed by atoms with Gasteiger partial charge in [-0.2, -0.15) is 0 Å². The number of nitrogens with zero attached hydrogens (tertiary/aromatic N) is 1. The second-order valence-corrected chi connectivity index (χ2v) is 2.96. The molecule has 64 valence electrons. The Balaban J connectivity index is 4.10. The summed E-state index contributed by atoms with van der Waals surface area (Å²) in [5.74, 6) is -0.930. The molecule has 0 saturated heterocycles. The van der Waals surface area contributed by atoms with Crippen molar-refractivity contribution in [1.29, 1.82) is 0 Å². The highest BCUT2D eigenvalue weighted by Crippen LogP contribution is 2.18. The van der Waals surface area contributed by atoms with E-state index in [0.29, 0.717) is 6.42 Å². The number of aliphatic carboxylic acids is 1. The first-order chi connectivity index (χ1) is 5.06. The molecule has 0 aromatic carbocycles. The van der Waals surface area contributed by atoms with Crippen LogP contribution in [-0.4, -0.2) is 16.6 Å². The van der Waals surface area contributed by atoms with Crippen molar-refractivity contribution < 1.29 is 9.90 Å². The fourth-order valence-electron chi connectivity index (χ4n) is 0.713. The summed E-state index contributed by atoms with van der Waals surface area (Å²) in [6, 6.07) is 0.